The van der Waals surface area contributed by atoms with Crippen molar-refractivity contribution in [3.8, 4) is 0 Å². The minimum absolute atomic E-state index is 0.273. The summed E-state index contributed by atoms with van der Waals surface area (Å²) in [6.45, 7) is 6.30. The molecule has 0 radical (unpaired) electrons. The largest absolute Gasteiger partial charge is 0.364 e. The van der Waals surface area contributed by atoms with Crippen LogP contribution >= 0.6 is 0 Å². The van der Waals surface area contributed by atoms with Crippen LogP contribution in [0.1, 0.15) is 52.4 Å². The van der Waals surface area contributed by atoms with Gasteiger partial charge in [-0.3, -0.25) is 4.79 Å². The van der Waals surface area contributed by atoms with Gasteiger partial charge in [-0.05, 0) is 49.1 Å². The molecule has 2 fully saturated rings. The van der Waals surface area contributed by atoms with Crippen LogP contribution in [0.5, 0.6) is 0 Å². The Bertz CT molecular complexity index is 783. The summed E-state index contributed by atoms with van der Waals surface area (Å²) in [5, 5.41) is 7.99. The fraction of sp³-hybridized carbons (Fsp3) is 0.650. The molecule has 2 atom stereocenters. The van der Waals surface area contributed by atoms with Gasteiger partial charge in [-0.2, -0.15) is 0 Å². The SMILES string of the molecule is CC1(C)CCCC(CC(=O)N2CCC(Nc3ccc4nccn4n3)C2)C1. The van der Waals surface area contributed by atoms with Crippen molar-refractivity contribution in [1.82, 2.24) is 19.5 Å². The Morgan fingerprint density at radius 3 is 3.08 bits per heavy atom. The molecule has 2 aliphatic rings. The molecule has 4 rings (SSSR count). The van der Waals surface area contributed by atoms with E-state index in [-0.39, 0.29) is 6.04 Å². The monoisotopic (exact) mass is 355 g/mol. The van der Waals surface area contributed by atoms with Crippen LogP contribution in [0, 0.1) is 11.3 Å². The number of aromatic nitrogens is 3. The summed E-state index contributed by atoms with van der Waals surface area (Å²) < 4.78 is 1.77. The quantitative estimate of drug-likeness (QED) is 0.913. The lowest BCUT2D eigenvalue weighted by molar-refractivity contribution is -0.131. The second kappa shape index (κ2) is 6.89. The van der Waals surface area contributed by atoms with E-state index in [0.717, 1.165) is 37.4 Å². The maximum absolute atomic E-state index is 12.7. The summed E-state index contributed by atoms with van der Waals surface area (Å²) in [5.41, 5.74) is 1.24. The van der Waals surface area contributed by atoms with Crippen molar-refractivity contribution in [3.63, 3.8) is 0 Å². The molecule has 6 heteroatoms. The van der Waals surface area contributed by atoms with Crippen LogP contribution in [0.3, 0.4) is 0 Å². The first kappa shape index (κ1) is 17.3. The summed E-state index contributed by atoms with van der Waals surface area (Å²) in [6, 6.07) is 4.19. The second-order valence-electron chi connectivity index (χ2n) is 8.75. The molecule has 1 saturated heterocycles. The van der Waals surface area contributed by atoms with Crippen molar-refractivity contribution < 1.29 is 4.79 Å². The van der Waals surface area contributed by atoms with Crippen molar-refractivity contribution in [2.75, 3.05) is 18.4 Å². The van der Waals surface area contributed by atoms with Gasteiger partial charge in [0.2, 0.25) is 5.91 Å². The Balaban J connectivity index is 1.30. The van der Waals surface area contributed by atoms with Crippen molar-refractivity contribution in [2.45, 2.75) is 58.4 Å². The molecular weight excluding hydrogens is 326 g/mol. The van der Waals surface area contributed by atoms with Gasteiger partial charge in [0.25, 0.3) is 0 Å². The topological polar surface area (TPSA) is 62.5 Å². The van der Waals surface area contributed by atoms with Crippen molar-refractivity contribution in [2.24, 2.45) is 11.3 Å². The second-order valence-corrected chi connectivity index (χ2v) is 8.75. The number of fused-ring (bicyclic) bond motifs is 1. The van der Waals surface area contributed by atoms with Gasteiger partial charge in [-0.25, -0.2) is 9.50 Å². The van der Waals surface area contributed by atoms with Gasteiger partial charge in [-0.15, -0.1) is 5.10 Å². The number of hydrogen-bond donors (Lipinski definition) is 1. The van der Waals surface area contributed by atoms with E-state index in [0.29, 0.717) is 17.2 Å². The number of nitrogens with one attached hydrogen (secondary N) is 1. The highest BCUT2D eigenvalue weighted by molar-refractivity contribution is 5.77. The minimum Gasteiger partial charge on any atom is -0.364 e. The maximum atomic E-state index is 12.7. The lowest BCUT2D eigenvalue weighted by atomic mass is 9.71. The fourth-order valence-electron chi connectivity index (χ4n) is 4.61. The predicted molar refractivity (Wildman–Crippen MR) is 102 cm³/mol. The molecule has 0 spiro atoms. The normalized spacial score (nSPS) is 25.5. The van der Waals surface area contributed by atoms with Crippen molar-refractivity contribution >= 4 is 17.4 Å². The molecule has 0 aromatic carbocycles. The molecule has 26 heavy (non-hydrogen) atoms. The summed E-state index contributed by atoms with van der Waals surface area (Å²) in [4.78, 5) is 19.0. The van der Waals surface area contributed by atoms with Gasteiger partial charge in [0.1, 0.15) is 5.82 Å². The fourth-order valence-corrected chi connectivity index (χ4v) is 4.61. The molecule has 0 bridgehead atoms. The first-order valence-electron chi connectivity index (χ1n) is 9.83. The molecule has 1 aliphatic carbocycles. The average molecular weight is 355 g/mol. The molecule has 2 aromatic heterocycles. The summed E-state index contributed by atoms with van der Waals surface area (Å²) in [7, 11) is 0. The number of hydrogen-bond acceptors (Lipinski definition) is 4. The lowest BCUT2D eigenvalue weighted by Gasteiger charge is -2.35. The van der Waals surface area contributed by atoms with E-state index in [1.165, 1.54) is 25.7 Å². The molecule has 6 nitrogen and oxygen atoms in total. The number of imidazole rings is 1. The highest BCUT2D eigenvalue weighted by Crippen LogP contribution is 2.40. The number of anilines is 1. The number of carbonyl (C=O) groups is 1. The molecule has 1 aliphatic heterocycles. The van der Waals surface area contributed by atoms with Gasteiger partial charge in [-0.1, -0.05) is 20.3 Å². The summed E-state index contributed by atoms with van der Waals surface area (Å²) >= 11 is 0. The Labute approximate surface area is 155 Å². The zero-order chi connectivity index (χ0) is 18.1. The number of rotatable bonds is 4. The minimum atomic E-state index is 0.273. The third-order valence-electron chi connectivity index (χ3n) is 5.92. The Morgan fingerprint density at radius 1 is 1.35 bits per heavy atom. The standard InChI is InChI=1S/C20H29N5O/c1-20(2)8-3-4-15(13-20)12-19(26)24-10-7-16(14-24)22-17-5-6-18-21-9-11-25(18)23-17/h5-6,9,11,15-16H,3-4,7-8,10,12-14H2,1-2H3,(H,22,23). The van der Waals surface area contributed by atoms with Crippen LogP contribution in [-0.4, -0.2) is 44.5 Å². The van der Waals surface area contributed by atoms with E-state index < -0.39 is 0 Å². The van der Waals surface area contributed by atoms with Crippen LogP contribution < -0.4 is 5.32 Å². The number of amides is 1. The van der Waals surface area contributed by atoms with E-state index >= 15 is 0 Å². The zero-order valence-electron chi connectivity index (χ0n) is 15.8. The Kier molecular flexibility index (Phi) is 4.59. The van der Waals surface area contributed by atoms with Gasteiger partial charge < -0.3 is 10.2 Å². The van der Waals surface area contributed by atoms with Crippen LogP contribution in [0.2, 0.25) is 0 Å². The maximum Gasteiger partial charge on any atom is 0.222 e. The molecule has 2 aromatic rings. The lowest BCUT2D eigenvalue weighted by Crippen LogP contribution is -2.34. The molecule has 1 saturated carbocycles. The van der Waals surface area contributed by atoms with E-state index in [2.05, 4.69) is 29.2 Å². The Morgan fingerprint density at radius 2 is 2.23 bits per heavy atom. The Hall–Kier alpha value is -2.11. The highest BCUT2D eigenvalue weighted by atomic mass is 16.2. The summed E-state index contributed by atoms with van der Waals surface area (Å²) in [6.07, 6.45) is 10.2. The predicted octanol–water partition coefficient (Wildman–Crippen LogP) is 3.35. The molecule has 2 unspecified atom stereocenters. The smallest absolute Gasteiger partial charge is 0.222 e. The third kappa shape index (κ3) is 3.84. The average Bonchev–Trinajstić information content (AvgIpc) is 3.22. The summed E-state index contributed by atoms with van der Waals surface area (Å²) in [5.74, 6) is 1.72. The highest BCUT2D eigenvalue weighted by Gasteiger charge is 2.32. The van der Waals surface area contributed by atoms with Gasteiger partial charge in [0.15, 0.2) is 5.65 Å². The molecular formula is C20H29N5O. The van der Waals surface area contributed by atoms with Crippen molar-refractivity contribution in [1.29, 1.82) is 0 Å². The third-order valence-corrected chi connectivity index (χ3v) is 5.92. The molecule has 1 amide bonds. The van der Waals surface area contributed by atoms with E-state index in [1.807, 2.05) is 23.2 Å². The molecule has 140 valence electrons. The molecule has 1 N–H and O–H groups in total. The zero-order valence-corrected chi connectivity index (χ0v) is 15.8. The van der Waals surface area contributed by atoms with E-state index in [1.54, 1.807) is 10.7 Å². The van der Waals surface area contributed by atoms with Crippen LogP contribution in [-0.2, 0) is 4.79 Å². The number of nitrogens with zero attached hydrogens (tertiary/aromatic N) is 4. The van der Waals surface area contributed by atoms with E-state index in [4.69, 9.17) is 0 Å². The van der Waals surface area contributed by atoms with Crippen LogP contribution in [0.25, 0.3) is 5.65 Å². The van der Waals surface area contributed by atoms with Gasteiger partial charge in [0, 0.05) is 37.9 Å². The van der Waals surface area contributed by atoms with Crippen LogP contribution in [0.4, 0.5) is 5.82 Å². The number of likely N-dealkylation sites (tertiary alicyclic amines) is 1. The van der Waals surface area contributed by atoms with Crippen LogP contribution in [0.15, 0.2) is 24.5 Å². The van der Waals surface area contributed by atoms with Gasteiger partial charge in [0.05, 0.1) is 0 Å². The number of carbonyl (C=O) groups excluding carboxylic acids is 1. The first-order valence-corrected chi connectivity index (χ1v) is 9.83. The first-order chi connectivity index (χ1) is 12.5. The van der Waals surface area contributed by atoms with Crippen molar-refractivity contribution in [3.05, 3.63) is 24.5 Å². The molecule has 3 heterocycles. The van der Waals surface area contributed by atoms with E-state index in [9.17, 15) is 4.79 Å². The van der Waals surface area contributed by atoms with Gasteiger partial charge >= 0.3 is 0 Å².